The molecule has 3 N–H and O–H groups in total. The van der Waals surface area contributed by atoms with Crippen molar-refractivity contribution in [2.24, 2.45) is 5.92 Å². The highest BCUT2D eigenvalue weighted by molar-refractivity contribution is 5.89. The number of pyridine rings is 1. The highest BCUT2D eigenvalue weighted by Crippen LogP contribution is 2.30. The van der Waals surface area contributed by atoms with Crippen molar-refractivity contribution in [2.45, 2.75) is 13.3 Å². The molecule has 0 saturated heterocycles. The van der Waals surface area contributed by atoms with Crippen LogP contribution in [-0.4, -0.2) is 31.7 Å². The first kappa shape index (κ1) is 12.1. The van der Waals surface area contributed by atoms with Gasteiger partial charge in [0.2, 0.25) is 0 Å². The third-order valence-electron chi connectivity index (χ3n) is 3.69. The highest BCUT2D eigenvalue weighted by atomic mass is 15.2. The molecule has 1 aliphatic rings. The summed E-state index contributed by atoms with van der Waals surface area (Å²) in [6.45, 7) is 3.16. The van der Waals surface area contributed by atoms with E-state index in [-0.39, 0.29) is 0 Å². The van der Waals surface area contributed by atoms with Gasteiger partial charge in [-0.25, -0.2) is 15.0 Å². The first-order chi connectivity index (χ1) is 10.3. The van der Waals surface area contributed by atoms with E-state index in [1.54, 1.807) is 12.5 Å². The number of aromatic amines is 1. The molecule has 7 heteroatoms. The lowest BCUT2D eigenvalue weighted by molar-refractivity contribution is 0.590. The molecule has 0 radical (unpaired) electrons. The molecule has 0 saturated carbocycles. The van der Waals surface area contributed by atoms with Crippen LogP contribution >= 0.6 is 0 Å². The van der Waals surface area contributed by atoms with E-state index in [0.29, 0.717) is 11.6 Å². The average Bonchev–Trinajstić information content (AvgIpc) is 2.91. The number of hydrogen-bond donors (Lipinski definition) is 3. The zero-order valence-electron chi connectivity index (χ0n) is 11.6. The Morgan fingerprint density at radius 2 is 2.24 bits per heavy atom. The molecule has 1 atom stereocenters. The van der Waals surface area contributed by atoms with Crippen molar-refractivity contribution in [3.8, 4) is 0 Å². The number of aromatic nitrogens is 5. The Hall–Kier alpha value is -2.70. The maximum absolute atomic E-state index is 4.38. The van der Waals surface area contributed by atoms with Crippen molar-refractivity contribution in [1.82, 2.24) is 25.1 Å². The van der Waals surface area contributed by atoms with Gasteiger partial charge in [0, 0.05) is 18.3 Å². The molecule has 3 aromatic heterocycles. The molecule has 0 unspecified atom stereocenters. The molecular formula is C14H15N7. The molecule has 0 aliphatic carbocycles. The van der Waals surface area contributed by atoms with Gasteiger partial charge in [-0.05, 0) is 24.5 Å². The second-order valence-electron chi connectivity index (χ2n) is 5.34. The van der Waals surface area contributed by atoms with Crippen LogP contribution in [-0.2, 0) is 6.42 Å². The van der Waals surface area contributed by atoms with E-state index in [9.17, 15) is 0 Å². The quantitative estimate of drug-likeness (QED) is 0.666. The van der Waals surface area contributed by atoms with Gasteiger partial charge < -0.3 is 10.6 Å². The van der Waals surface area contributed by atoms with E-state index >= 15 is 0 Å². The van der Waals surface area contributed by atoms with E-state index < -0.39 is 0 Å². The summed E-state index contributed by atoms with van der Waals surface area (Å²) >= 11 is 0. The first-order valence-electron chi connectivity index (χ1n) is 6.95. The van der Waals surface area contributed by atoms with Crippen LogP contribution in [0, 0.1) is 5.92 Å². The molecule has 0 spiro atoms. The van der Waals surface area contributed by atoms with Gasteiger partial charge in [0.05, 0.1) is 5.39 Å². The Morgan fingerprint density at radius 1 is 1.29 bits per heavy atom. The summed E-state index contributed by atoms with van der Waals surface area (Å²) in [6, 6.07) is 3.87. The molecule has 106 valence electrons. The summed E-state index contributed by atoms with van der Waals surface area (Å²) in [6.07, 6.45) is 4.25. The molecule has 3 aromatic rings. The number of rotatable bonds is 2. The summed E-state index contributed by atoms with van der Waals surface area (Å²) in [5.74, 6) is 3.09. The highest BCUT2D eigenvalue weighted by Gasteiger charge is 2.20. The minimum Gasteiger partial charge on any atom is -0.369 e. The van der Waals surface area contributed by atoms with Crippen LogP contribution in [0.25, 0.3) is 11.0 Å². The van der Waals surface area contributed by atoms with Crippen molar-refractivity contribution >= 4 is 28.5 Å². The molecule has 4 heterocycles. The lowest BCUT2D eigenvalue weighted by atomic mass is 9.98. The van der Waals surface area contributed by atoms with Gasteiger partial charge in [0.15, 0.2) is 5.65 Å². The van der Waals surface area contributed by atoms with Crippen molar-refractivity contribution in [3.05, 3.63) is 30.2 Å². The van der Waals surface area contributed by atoms with Crippen molar-refractivity contribution in [3.63, 3.8) is 0 Å². The molecular weight excluding hydrogens is 266 g/mol. The fourth-order valence-corrected chi connectivity index (χ4v) is 2.62. The van der Waals surface area contributed by atoms with Crippen LogP contribution in [0.5, 0.6) is 0 Å². The molecule has 4 rings (SSSR count). The van der Waals surface area contributed by atoms with E-state index in [4.69, 9.17) is 0 Å². The predicted octanol–water partition coefficient (Wildman–Crippen LogP) is 2.10. The topological polar surface area (TPSA) is 91.4 Å². The third-order valence-corrected chi connectivity index (χ3v) is 3.69. The third kappa shape index (κ3) is 2.06. The van der Waals surface area contributed by atoms with Gasteiger partial charge in [-0.2, -0.15) is 5.10 Å². The Morgan fingerprint density at radius 3 is 3.19 bits per heavy atom. The number of hydrogen-bond acceptors (Lipinski definition) is 6. The molecule has 1 aliphatic heterocycles. The summed E-state index contributed by atoms with van der Waals surface area (Å²) in [7, 11) is 0. The maximum atomic E-state index is 4.38. The van der Waals surface area contributed by atoms with Crippen LogP contribution in [0.3, 0.4) is 0 Å². The van der Waals surface area contributed by atoms with E-state index in [0.717, 1.165) is 41.4 Å². The van der Waals surface area contributed by atoms with Gasteiger partial charge in [-0.1, -0.05) is 6.92 Å². The number of anilines is 3. The molecule has 0 aromatic carbocycles. The van der Waals surface area contributed by atoms with Crippen LogP contribution in [0.1, 0.15) is 12.5 Å². The monoisotopic (exact) mass is 281 g/mol. The van der Waals surface area contributed by atoms with Crippen LogP contribution in [0.15, 0.2) is 24.7 Å². The van der Waals surface area contributed by atoms with Gasteiger partial charge >= 0.3 is 0 Å². The zero-order chi connectivity index (χ0) is 14.2. The van der Waals surface area contributed by atoms with Gasteiger partial charge in [0.25, 0.3) is 0 Å². The second-order valence-corrected chi connectivity index (χ2v) is 5.34. The minimum absolute atomic E-state index is 0.559. The lowest BCUT2D eigenvalue weighted by Crippen LogP contribution is -2.23. The minimum atomic E-state index is 0.559. The number of nitrogens with zero attached hydrogens (tertiary/aromatic N) is 4. The molecule has 21 heavy (non-hydrogen) atoms. The van der Waals surface area contributed by atoms with Gasteiger partial charge in [-0.15, -0.1) is 0 Å². The Kier molecular flexibility index (Phi) is 2.70. The number of fused-ring (bicyclic) bond motifs is 2. The van der Waals surface area contributed by atoms with Crippen LogP contribution in [0.2, 0.25) is 0 Å². The number of nitrogens with one attached hydrogen (secondary N) is 3. The molecule has 7 nitrogen and oxygen atoms in total. The smallest absolute Gasteiger partial charge is 0.183 e. The van der Waals surface area contributed by atoms with Crippen molar-refractivity contribution < 1.29 is 0 Å². The van der Waals surface area contributed by atoms with Crippen molar-refractivity contribution in [2.75, 3.05) is 17.2 Å². The Bertz CT molecular complexity index is 795. The summed E-state index contributed by atoms with van der Waals surface area (Å²) in [4.78, 5) is 12.9. The number of H-pyrrole nitrogens is 1. The van der Waals surface area contributed by atoms with E-state index in [1.165, 1.54) is 0 Å². The largest absolute Gasteiger partial charge is 0.369 e. The first-order valence-corrected chi connectivity index (χ1v) is 6.95. The fourth-order valence-electron chi connectivity index (χ4n) is 2.62. The molecule has 0 bridgehead atoms. The molecule has 0 fully saturated rings. The average molecular weight is 281 g/mol. The van der Waals surface area contributed by atoms with E-state index in [2.05, 4.69) is 42.7 Å². The van der Waals surface area contributed by atoms with Gasteiger partial charge in [0.1, 0.15) is 23.8 Å². The fraction of sp³-hybridized carbons (Fsp3) is 0.286. The van der Waals surface area contributed by atoms with Crippen molar-refractivity contribution in [1.29, 1.82) is 0 Å². The Balaban J connectivity index is 1.75. The SMILES string of the molecule is C[C@@H]1CNc2ncnc(Nc3[nH]nc4ncccc34)c2C1. The summed E-state index contributed by atoms with van der Waals surface area (Å²) < 4.78 is 0. The predicted molar refractivity (Wildman–Crippen MR) is 80.6 cm³/mol. The zero-order valence-corrected chi connectivity index (χ0v) is 11.6. The maximum Gasteiger partial charge on any atom is 0.183 e. The summed E-state index contributed by atoms with van der Waals surface area (Å²) in [5, 5.41) is 14.8. The van der Waals surface area contributed by atoms with E-state index in [1.807, 2.05) is 12.1 Å². The normalized spacial score (nSPS) is 17.3. The van der Waals surface area contributed by atoms with Gasteiger partial charge in [-0.3, -0.25) is 5.10 Å². The molecule has 0 amide bonds. The van der Waals surface area contributed by atoms with Crippen LogP contribution < -0.4 is 10.6 Å². The standard InChI is InChI=1S/C14H15N7/c1-8-5-10-11(16-6-8)17-7-18-12(10)19-14-9-3-2-4-15-13(9)20-21-14/h2-4,7-8H,5-6H2,1H3,(H3,15,16,17,18,19,20,21)/t8-/m0/s1. The Labute approximate surface area is 121 Å². The summed E-state index contributed by atoms with van der Waals surface area (Å²) in [5.41, 5.74) is 1.80. The lowest BCUT2D eigenvalue weighted by Gasteiger charge is -2.23. The van der Waals surface area contributed by atoms with Crippen LogP contribution in [0.4, 0.5) is 17.5 Å². The second kappa shape index (κ2) is 4.69.